The Bertz CT molecular complexity index is 626. The van der Waals surface area contributed by atoms with Crippen molar-refractivity contribution in [1.82, 2.24) is 0 Å². The van der Waals surface area contributed by atoms with Gasteiger partial charge < -0.3 is 10.5 Å². The van der Waals surface area contributed by atoms with E-state index in [0.717, 1.165) is 5.56 Å². The smallest absolute Gasteiger partial charge is 0.165 e. The van der Waals surface area contributed by atoms with E-state index in [1.165, 1.54) is 19.2 Å². The highest BCUT2D eigenvalue weighted by Crippen LogP contribution is 2.22. The molecule has 2 aromatic rings. The fourth-order valence-electron chi connectivity index (χ4n) is 2.43. The minimum absolute atomic E-state index is 0.201. The highest BCUT2D eigenvalue weighted by atomic mass is 19.1. The van der Waals surface area contributed by atoms with Crippen molar-refractivity contribution in [3.63, 3.8) is 0 Å². The standard InChI is InChI=1S/C17H19F2NO/c1-17(20,11-13-5-3-4-6-14(13)18)10-12-7-8-16(21-2)15(19)9-12/h3-9H,10-11,20H2,1-2H3. The predicted molar refractivity (Wildman–Crippen MR) is 79.4 cm³/mol. The van der Waals surface area contributed by atoms with E-state index < -0.39 is 11.4 Å². The first-order chi connectivity index (χ1) is 9.91. The summed E-state index contributed by atoms with van der Waals surface area (Å²) >= 11 is 0. The van der Waals surface area contributed by atoms with Crippen molar-refractivity contribution in [2.45, 2.75) is 25.3 Å². The Labute approximate surface area is 123 Å². The average molecular weight is 291 g/mol. The van der Waals surface area contributed by atoms with E-state index in [2.05, 4.69) is 0 Å². The van der Waals surface area contributed by atoms with Crippen LogP contribution in [0.1, 0.15) is 18.1 Å². The van der Waals surface area contributed by atoms with Crippen LogP contribution in [0.2, 0.25) is 0 Å². The summed E-state index contributed by atoms with van der Waals surface area (Å²) in [5.74, 6) is -0.488. The quantitative estimate of drug-likeness (QED) is 0.915. The maximum Gasteiger partial charge on any atom is 0.165 e. The molecule has 0 bridgehead atoms. The fraction of sp³-hybridized carbons (Fsp3) is 0.294. The Morgan fingerprint density at radius 1 is 1.05 bits per heavy atom. The zero-order valence-electron chi connectivity index (χ0n) is 12.2. The van der Waals surface area contributed by atoms with Crippen LogP contribution in [0.25, 0.3) is 0 Å². The molecule has 0 amide bonds. The number of halogens is 2. The van der Waals surface area contributed by atoms with Crippen molar-refractivity contribution < 1.29 is 13.5 Å². The molecule has 0 saturated carbocycles. The minimum atomic E-state index is -0.663. The predicted octanol–water partition coefficient (Wildman–Crippen LogP) is 3.48. The van der Waals surface area contributed by atoms with Gasteiger partial charge in [-0.1, -0.05) is 24.3 Å². The van der Waals surface area contributed by atoms with Crippen molar-refractivity contribution in [1.29, 1.82) is 0 Å². The first-order valence-electron chi connectivity index (χ1n) is 6.76. The van der Waals surface area contributed by atoms with Gasteiger partial charge in [0.2, 0.25) is 0 Å². The molecular formula is C17H19F2NO. The van der Waals surface area contributed by atoms with Crippen LogP contribution < -0.4 is 10.5 Å². The van der Waals surface area contributed by atoms with Gasteiger partial charge in [-0.2, -0.15) is 0 Å². The Kier molecular flexibility index (Phi) is 4.58. The third-order valence-corrected chi connectivity index (χ3v) is 3.38. The van der Waals surface area contributed by atoms with Crippen molar-refractivity contribution in [2.24, 2.45) is 5.73 Å². The van der Waals surface area contributed by atoms with Crippen LogP contribution in [-0.2, 0) is 12.8 Å². The van der Waals surface area contributed by atoms with Gasteiger partial charge in [0, 0.05) is 5.54 Å². The molecule has 0 aliphatic rings. The van der Waals surface area contributed by atoms with Gasteiger partial charge in [0.1, 0.15) is 5.82 Å². The number of rotatable bonds is 5. The molecule has 0 aliphatic carbocycles. The topological polar surface area (TPSA) is 35.2 Å². The van der Waals surface area contributed by atoms with Gasteiger partial charge in [-0.25, -0.2) is 8.78 Å². The summed E-state index contributed by atoms with van der Waals surface area (Å²) in [6, 6.07) is 11.3. The second kappa shape index (κ2) is 6.22. The van der Waals surface area contributed by atoms with Gasteiger partial charge in [0.25, 0.3) is 0 Å². The van der Waals surface area contributed by atoms with Crippen LogP contribution in [0, 0.1) is 11.6 Å². The van der Waals surface area contributed by atoms with E-state index in [-0.39, 0.29) is 11.6 Å². The summed E-state index contributed by atoms with van der Waals surface area (Å²) in [5, 5.41) is 0. The van der Waals surface area contributed by atoms with Gasteiger partial charge in [-0.15, -0.1) is 0 Å². The lowest BCUT2D eigenvalue weighted by molar-refractivity contribution is 0.385. The van der Waals surface area contributed by atoms with Gasteiger partial charge >= 0.3 is 0 Å². The maximum absolute atomic E-state index is 13.7. The largest absolute Gasteiger partial charge is 0.494 e. The summed E-state index contributed by atoms with van der Waals surface area (Å²) in [7, 11) is 1.42. The third-order valence-electron chi connectivity index (χ3n) is 3.38. The Balaban J connectivity index is 2.14. The molecule has 2 nitrogen and oxygen atoms in total. The van der Waals surface area contributed by atoms with Gasteiger partial charge in [0.05, 0.1) is 7.11 Å². The van der Waals surface area contributed by atoms with Crippen LogP contribution in [0.4, 0.5) is 8.78 Å². The number of hydrogen-bond acceptors (Lipinski definition) is 2. The Morgan fingerprint density at radius 2 is 1.76 bits per heavy atom. The SMILES string of the molecule is COc1ccc(CC(C)(N)Cc2ccccc2F)cc1F. The monoisotopic (exact) mass is 291 g/mol. The molecule has 21 heavy (non-hydrogen) atoms. The van der Waals surface area contributed by atoms with E-state index in [9.17, 15) is 8.78 Å². The molecule has 0 radical (unpaired) electrons. The number of ether oxygens (including phenoxy) is 1. The number of nitrogens with two attached hydrogens (primary N) is 1. The van der Waals surface area contributed by atoms with Crippen molar-refractivity contribution in [2.75, 3.05) is 7.11 Å². The van der Waals surface area contributed by atoms with Crippen LogP contribution in [0.15, 0.2) is 42.5 Å². The van der Waals surface area contributed by atoms with Crippen LogP contribution in [0.5, 0.6) is 5.75 Å². The van der Waals surface area contributed by atoms with E-state index in [1.54, 1.807) is 30.3 Å². The zero-order chi connectivity index (χ0) is 15.5. The van der Waals surface area contributed by atoms with Gasteiger partial charge in [-0.3, -0.25) is 0 Å². The fourth-order valence-corrected chi connectivity index (χ4v) is 2.43. The van der Waals surface area contributed by atoms with E-state index in [4.69, 9.17) is 10.5 Å². The summed E-state index contributed by atoms with van der Waals surface area (Å²) in [6.45, 7) is 1.83. The molecule has 2 rings (SSSR count). The minimum Gasteiger partial charge on any atom is -0.494 e. The van der Waals surface area contributed by atoms with Crippen LogP contribution in [0.3, 0.4) is 0 Å². The highest BCUT2D eigenvalue weighted by molar-refractivity contribution is 5.31. The molecule has 0 saturated heterocycles. The average Bonchev–Trinajstić information content (AvgIpc) is 2.41. The molecule has 0 aliphatic heterocycles. The molecule has 112 valence electrons. The molecular weight excluding hydrogens is 272 g/mol. The van der Waals surface area contributed by atoms with E-state index in [0.29, 0.717) is 18.4 Å². The Hall–Kier alpha value is -1.94. The van der Waals surface area contributed by atoms with Gasteiger partial charge in [0.15, 0.2) is 11.6 Å². The lowest BCUT2D eigenvalue weighted by Crippen LogP contribution is -2.41. The summed E-state index contributed by atoms with van der Waals surface area (Å²) < 4.78 is 32.3. The van der Waals surface area contributed by atoms with Crippen LogP contribution >= 0.6 is 0 Å². The zero-order valence-corrected chi connectivity index (χ0v) is 12.2. The normalized spacial score (nSPS) is 13.8. The highest BCUT2D eigenvalue weighted by Gasteiger charge is 2.22. The molecule has 0 heterocycles. The van der Waals surface area contributed by atoms with Crippen molar-refractivity contribution >= 4 is 0 Å². The second-order valence-corrected chi connectivity index (χ2v) is 5.57. The van der Waals surface area contributed by atoms with Crippen molar-refractivity contribution in [3.05, 3.63) is 65.2 Å². The lowest BCUT2D eigenvalue weighted by atomic mass is 9.87. The second-order valence-electron chi connectivity index (χ2n) is 5.57. The summed E-state index contributed by atoms with van der Waals surface area (Å²) in [4.78, 5) is 0. The lowest BCUT2D eigenvalue weighted by Gasteiger charge is -2.25. The molecule has 0 spiro atoms. The molecule has 2 N–H and O–H groups in total. The van der Waals surface area contributed by atoms with E-state index in [1.807, 2.05) is 6.92 Å². The number of hydrogen-bond donors (Lipinski definition) is 1. The third kappa shape index (κ3) is 4.02. The molecule has 1 atom stereocenters. The van der Waals surface area contributed by atoms with Crippen molar-refractivity contribution in [3.8, 4) is 5.75 Å². The molecule has 4 heteroatoms. The van der Waals surface area contributed by atoms with Gasteiger partial charge in [-0.05, 0) is 49.1 Å². The number of methoxy groups -OCH3 is 1. The summed E-state index contributed by atoms with van der Waals surface area (Å²) in [5.41, 5.74) is 6.91. The molecule has 1 unspecified atom stereocenters. The first kappa shape index (κ1) is 15.4. The molecule has 2 aromatic carbocycles. The maximum atomic E-state index is 13.7. The molecule has 0 fully saturated rings. The summed E-state index contributed by atoms with van der Waals surface area (Å²) in [6.07, 6.45) is 0.829. The first-order valence-corrected chi connectivity index (χ1v) is 6.76. The molecule has 0 aromatic heterocycles. The Morgan fingerprint density at radius 3 is 2.38 bits per heavy atom. The van der Waals surface area contributed by atoms with E-state index >= 15 is 0 Å². The number of benzene rings is 2. The van der Waals surface area contributed by atoms with Crippen LogP contribution in [-0.4, -0.2) is 12.6 Å².